The maximum atomic E-state index is 12.7. The first-order valence-electron chi connectivity index (χ1n) is 9.44. The van der Waals surface area contributed by atoms with Crippen molar-refractivity contribution in [2.75, 3.05) is 22.4 Å². The quantitative estimate of drug-likeness (QED) is 0.535. The van der Waals surface area contributed by atoms with Gasteiger partial charge in [0.25, 0.3) is 0 Å². The Balaban J connectivity index is 1.81. The third-order valence-electron chi connectivity index (χ3n) is 4.36. The Morgan fingerprint density at radius 1 is 0.935 bits per heavy atom. The average molecular weight is 439 g/mol. The lowest BCUT2D eigenvalue weighted by atomic mass is 10.1. The Hall–Kier alpha value is -3.65. The van der Waals surface area contributed by atoms with Crippen LogP contribution in [0.4, 0.5) is 11.4 Å². The standard InChI is InChI=1S/C23H22N2O5S/c1-17(26)18-9-8-10-19(15-18)25(31(2,28)29)16-23(27)24-21-13-6-7-14-22(21)30-20-11-4-3-5-12-20/h3-15H,16H2,1-2H3,(H,24,27). The van der Waals surface area contributed by atoms with Crippen molar-refractivity contribution in [3.8, 4) is 11.5 Å². The number of ether oxygens (including phenoxy) is 1. The number of nitrogens with one attached hydrogen (secondary N) is 1. The number of carbonyl (C=O) groups is 2. The molecule has 0 heterocycles. The van der Waals surface area contributed by atoms with Crippen LogP contribution in [0.15, 0.2) is 78.9 Å². The number of amides is 1. The topological polar surface area (TPSA) is 92.8 Å². The first kappa shape index (κ1) is 22.0. The van der Waals surface area contributed by atoms with Crippen LogP contribution < -0.4 is 14.4 Å². The van der Waals surface area contributed by atoms with E-state index in [2.05, 4.69) is 5.32 Å². The van der Waals surface area contributed by atoms with Crippen LogP contribution in [0.3, 0.4) is 0 Å². The molecule has 0 aliphatic heterocycles. The summed E-state index contributed by atoms with van der Waals surface area (Å²) in [5.41, 5.74) is 0.995. The number of sulfonamides is 1. The van der Waals surface area contributed by atoms with Gasteiger partial charge in [-0.3, -0.25) is 13.9 Å². The van der Waals surface area contributed by atoms with Gasteiger partial charge in [-0.05, 0) is 43.3 Å². The zero-order valence-electron chi connectivity index (χ0n) is 17.1. The van der Waals surface area contributed by atoms with Crippen molar-refractivity contribution in [3.63, 3.8) is 0 Å². The third kappa shape index (κ3) is 5.93. The molecule has 0 aliphatic carbocycles. The molecule has 160 valence electrons. The van der Waals surface area contributed by atoms with Crippen LogP contribution in [0.2, 0.25) is 0 Å². The second-order valence-corrected chi connectivity index (χ2v) is 8.74. The molecule has 8 heteroatoms. The minimum Gasteiger partial charge on any atom is -0.455 e. The highest BCUT2D eigenvalue weighted by molar-refractivity contribution is 7.92. The van der Waals surface area contributed by atoms with Crippen molar-refractivity contribution in [2.24, 2.45) is 0 Å². The molecule has 0 saturated heterocycles. The Labute approximate surface area is 181 Å². The van der Waals surface area contributed by atoms with E-state index in [0.717, 1.165) is 10.6 Å². The summed E-state index contributed by atoms with van der Waals surface area (Å²) in [6.45, 7) is 0.931. The molecule has 7 nitrogen and oxygen atoms in total. The minimum absolute atomic E-state index is 0.202. The molecule has 0 unspecified atom stereocenters. The summed E-state index contributed by atoms with van der Waals surface area (Å²) in [6, 6.07) is 22.1. The maximum Gasteiger partial charge on any atom is 0.245 e. The SMILES string of the molecule is CC(=O)c1cccc(N(CC(=O)Nc2ccccc2Oc2ccccc2)S(C)(=O)=O)c1. The average Bonchev–Trinajstić information content (AvgIpc) is 2.73. The van der Waals surface area contributed by atoms with Crippen molar-refractivity contribution in [2.45, 2.75) is 6.92 Å². The number of hydrogen-bond acceptors (Lipinski definition) is 5. The van der Waals surface area contributed by atoms with Gasteiger partial charge < -0.3 is 10.1 Å². The summed E-state index contributed by atoms with van der Waals surface area (Å²) in [5.74, 6) is 0.268. The summed E-state index contributed by atoms with van der Waals surface area (Å²) in [5, 5.41) is 2.70. The number of benzene rings is 3. The van der Waals surface area contributed by atoms with Gasteiger partial charge in [-0.1, -0.05) is 42.5 Å². The minimum atomic E-state index is -3.78. The predicted octanol–water partition coefficient (Wildman–Crippen LogP) is 4.09. The first-order chi connectivity index (χ1) is 14.7. The monoisotopic (exact) mass is 438 g/mol. The largest absolute Gasteiger partial charge is 0.455 e. The maximum absolute atomic E-state index is 12.7. The van der Waals surface area contributed by atoms with Gasteiger partial charge in [0, 0.05) is 5.56 Å². The molecule has 0 bridgehead atoms. The number of para-hydroxylation sites is 3. The van der Waals surface area contributed by atoms with Crippen LogP contribution in [0, 0.1) is 0 Å². The summed E-state index contributed by atoms with van der Waals surface area (Å²) in [7, 11) is -3.78. The fourth-order valence-electron chi connectivity index (χ4n) is 2.87. The van der Waals surface area contributed by atoms with E-state index < -0.39 is 22.5 Å². The van der Waals surface area contributed by atoms with Crippen LogP contribution in [0.5, 0.6) is 11.5 Å². The number of ketones is 1. The summed E-state index contributed by atoms with van der Waals surface area (Å²) in [4.78, 5) is 24.4. The zero-order valence-corrected chi connectivity index (χ0v) is 17.9. The molecule has 0 aromatic heterocycles. The van der Waals surface area contributed by atoms with Crippen molar-refractivity contribution in [1.82, 2.24) is 0 Å². The van der Waals surface area contributed by atoms with Crippen molar-refractivity contribution in [1.29, 1.82) is 0 Å². The highest BCUT2D eigenvalue weighted by atomic mass is 32.2. The number of nitrogens with zero attached hydrogens (tertiary/aromatic N) is 1. The Bertz CT molecular complexity index is 1190. The molecule has 3 rings (SSSR count). The molecule has 3 aromatic carbocycles. The number of carbonyl (C=O) groups excluding carboxylic acids is 2. The molecule has 0 fully saturated rings. The van der Waals surface area contributed by atoms with Gasteiger partial charge in [0.2, 0.25) is 15.9 Å². The lowest BCUT2D eigenvalue weighted by Gasteiger charge is -2.22. The highest BCUT2D eigenvalue weighted by Crippen LogP contribution is 2.29. The van der Waals surface area contributed by atoms with E-state index >= 15 is 0 Å². The van der Waals surface area contributed by atoms with E-state index in [-0.39, 0.29) is 11.5 Å². The van der Waals surface area contributed by atoms with Gasteiger partial charge in [0.15, 0.2) is 11.5 Å². The zero-order chi connectivity index (χ0) is 22.4. The lowest BCUT2D eigenvalue weighted by Crippen LogP contribution is -2.37. The van der Waals surface area contributed by atoms with Gasteiger partial charge in [-0.2, -0.15) is 0 Å². The number of anilines is 2. The van der Waals surface area contributed by atoms with E-state index in [0.29, 0.717) is 22.7 Å². The van der Waals surface area contributed by atoms with E-state index in [1.165, 1.54) is 19.1 Å². The van der Waals surface area contributed by atoms with Crippen molar-refractivity contribution >= 4 is 33.1 Å². The van der Waals surface area contributed by atoms with Crippen LogP contribution in [0.25, 0.3) is 0 Å². The van der Waals surface area contributed by atoms with Gasteiger partial charge in [0.1, 0.15) is 12.3 Å². The second kappa shape index (κ2) is 9.44. The van der Waals surface area contributed by atoms with E-state index in [4.69, 9.17) is 4.74 Å². The Morgan fingerprint density at radius 2 is 1.61 bits per heavy atom. The molecule has 1 amide bonds. The van der Waals surface area contributed by atoms with Crippen LogP contribution in [-0.4, -0.2) is 32.9 Å². The highest BCUT2D eigenvalue weighted by Gasteiger charge is 2.22. The van der Waals surface area contributed by atoms with Crippen molar-refractivity contribution < 1.29 is 22.7 Å². The second-order valence-electron chi connectivity index (χ2n) is 6.84. The number of Topliss-reactive ketones (excluding diaryl/α,β-unsaturated/α-hetero) is 1. The lowest BCUT2D eigenvalue weighted by molar-refractivity contribution is -0.114. The molecule has 0 atom stereocenters. The Morgan fingerprint density at radius 3 is 2.29 bits per heavy atom. The van der Waals surface area contributed by atoms with Gasteiger partial charge in [-0.15, -0.1) is 0 Å². The fraction of sp³-hybridized carbons (Fsp3) is 0.130. The van der Waals surface area contributed by atoms with Gasteiger partial charge in [-0.25, -0.2) is 8.42 Å². The molecule has 0 spiro atoms. The normalized spacial score (nSPS) is 10.9. The number of hydrogen-bond donors (Lipinski definition) is 1. The molecule has 0 radical (unpaired) electrons. The predicted molar refractivity (Wildman–Crippen MR) is 120 cm³/mol. The van der Waals surface area contributed by atoms with E-state index in [1.807, 2.05) is 18.2 Å². The van der Waals surface area contributed by atoms with Gasteiger partial charge >= 0.3 is 0 Å². The summed E-state index contributed by atoms with van der Waals surface area (Å²) in [6.07, 6.45) is 1.01. The van der Waals surface area contributed by atoms with E-state index in [1.54, 1.807) is 48.5 Å². The van der Waals surface area contributed by atoms with Crippen LogP contribution in [-0.2, 0) is 14.8 Å². The van der Waals surface area contributed by atoms with Crippen LogP contribution in [0.1, 0.15) is 17.3 Å². The third-order valence-corrected chi connectivity index (χ3v) is 5.50. The molecule has 0 aliphatic rings. The molecule has 31 heavy (non-hydrogen) atoms. The molecule has 0 saturated carbocycles. The van der Waals surface area contributed by atoms with Crippen molar-refractivity contribution in [3.05, 3.63) is 84.4 Å². The summed E-state index contributed by atoms with van der Waals surface area (Å²) < 4.78 is 31.5. The summed E-state index contributed by atoms with van der Waals surface area (Å²) >= 11 is 0. The molecular formula is C23H22N2O5S. The van der Waals surface area contributed by atoms with Gasteiger partial charge in [0.05, 0.1) is 17.6 Å². The fourth-order valence-corrected chi connectivity index (χ4v) is 3.72. The molecule has 3 aromatic rings. The number of rotatable bonds is 8. The Kier molecular flexibility index (Phi) is 6.71. The smallest absolute Gasteiger partial charge is 0.245 e. The first-order valence-corrected chi connectivity index (χ1v) is 11.3. The van der Waals surface area contributed by atoms with E-state index in [9.17, 15) is 18.0 Å². The molecular weight excluding hydrogens is 416 g/mol. The molecule has 1 N–H and O–H groups in total. The van der Waals surface area contributed by atoms with Crippen LogP contribution >= 0.6 is 0 Å².